The fraction of sp³-hybridized carbons (Fsp3) is 0.610. The van der Waals surface area contributed by atoms with Crippen LogP contribution in [-0.4, -0.2) is 53.8 Å². The van der Waals surface area contributed by atoms with Gasteiger partial charge in [-0.1, -0.05) is 126 Å². The van der Waals surface area contributed by atoms with Crippen LogP contribution < -0.4 is 10.6 Å². The van der Waals surface area contributed by atoms with Crippen molar-refractivity contribution in [3.05, 3.63) is 59.7 Å². The number of ether oxygens (including phenoxy) is 2. The maximum Gasteiger partial charge on any atom is 0.407 e. The maximum absolute atomic E-state index is 12.4. The molecule has 3 N–H and O–H groups in total. The number of aliphatic carboxylic acids is 1. The minimum Gasteiger partial charge on any atom is -0.480 e. The number of hydrogen-bond donors (Lipinski definition) is 3. The van der Waals surface area contributed by atoms with Gasteiger partial charge in [0.2, 0.25) is 5.91 Å². The lowest BCUT2D eigenvalue weighted by Crippen LogP contribution is -2.43. The van der Waals surface area contributed by atoms with Gasteiger partial charge in [-0.3, -0.25) is 9.59 Å². The molecular formula is C41H60N2O7. The van der Waals surface area contributed by atoms with Gasteiger partial charge in [0, 0.05) is 25.3 Å². The van der Waals surface area contributed by atoms with Crippen LogP contribution in [-0.2, 0) is 23.9 Å². The van der Waals surface area contributed by atoms with Crippen LogP contribution in [0.25, 0.3) is 11.1 Å². The topological polar surface area (TPSA) is 131 Å². The van der Waals surface area contributed by atoms with Gasteiger partial charge in [-0.2, -0.15) is 0 Å². The summed E-state index contributed by atoms with van der Waals surface area (Å²) in [4.78, 5) is 48.3. The molecule has 276 valence electrons. The molecule has 1 aliphatic rings. The Labute approximate surface area is 299 Å². The van der Waals surface area contributed by atoms with Crippen molar-refractivity contribution in [1.82, 2.24) is 10.6 Å². The zero-order valence-electron chi connectivity index (χ0n) is 30.6. The van der Waals surface area contributed by atoms with E-state index < -0.39 is 23.7 Å². The summed E-state index contributed by atoms with van der Waals surface area (Å²) in [7, 11) is 0. The Kier molecular flexibility index (Phi) is 17.9. The molecule has 0 bridgehead atoms. The molecule has 1 aliphatic carbocycles. The normalized spacial score (nSPS) is 12.9. The van der Waals surface area contributed by atoms with Crippen LogP contribution in [0.15, 0.2) is 48.5 Å². The van der Waals surface area contributed by atoms with Gasteiger partial charge in [-0.15, -0.1) is 0 Å². The number of carbonyl (C=O) groups excluding carboxylic acids is 3. The lowest BCUT2D eigenvalue weighted by Gasteiger charge is -2.19. The summed E-state index contributed by atoms with van der Waals surface area (Å²) < 4.78 is 10.9. The van der Waals surface area contributed by atoms with Crippen molar-refractivity contribution in [2.45, 2.75) is 147 Å². The van der Waals surface area contributed by atoms with Crippen LogP contribution in [0.4, 0.5) is 4.79 Å². The van der Waals surface area contributed by atoms with Crippen molar-refractivity contribution in [2.24, 2.45) is 0 Å². The van der Waals surface area contributed by atoms with Crippen LogP contribution in [0.2, 0.25) is 0 Å². The van der Waals surface area contributed by atoms with E-state index in [-0.39, 0.29) is 37.4 Å². The number of carbonyl (C=O) groups is 4. The Morgan fingerprint density at radius 2 is 1.16 bits per heavy atom. The molecule has 9 heteroatoms. The van der Waals surface area contributed by atoms with Gasteiger partial charge >= 0.3 is 18.0 Å². The Morgan fingerprint density at radius 1 is 0.700 bits per heavy atom. The molecule has 1 unspecified atom stereocenters. The number of amides is 2. The molecule has 0 saturated carbocycles. The molecule has 0 heterocycles. The number of alkyl carbamates (subject to hydrolysis) is 1. The average molecular weight is 693 g/mol. The van der Waals surface area contributed by atoms with E-state index in [2.05, 4.69) is 34.9 Å². The monoisotopic (exact) mass is 692 g/mol. The van der Waals surface area contributed by atoms with Crippen molar-refractivity contribution in [2.75, 3.05) is 13.2 Å². The molecule has 2 aromatic rings. The number of nitrogens with one attached hydrogen (secondary N) is 2. The van der Waals surface area contributed by atoms with Gasteiger partial charge in [0.05, 0.1) is 0 Å². The second-order valence-electron chi connectivity index (χ2n) is 14.5. The Balaban J connectivity index is 1.14. The number of benzene rings is 2. The van der Waals surface area contributed by atoms with E-state index in [1.807, 2.05) is 45.0 Å². The second kappa shape index (κ2) is 22.0. The minimum atomic E-state index is -1.12. The molecule has 0 radical (unpaired) electrons. The lowest BCUT2D eigenvalue weighted by atomic mass is 9.98. The summed E-state index contributed by atoms with van der Waals surface area (Å²) in [5.41, 5.74) is 4.14. The SMILES string of the molecule is CC(C)(C)OC(=O)CCCCCCCCCCCCCCCCC(=O)NC(CCNC(=O)OCC1c2ccccc2-c2ccccc21)C(=O)O. The molecule has 2 aromatic carbocycles. The Bertz CT molecular complexity index is 1310. The molecule has 0 aromatic heterocycles. The van der Waals surface area contributed by atoms with Crippen molar-refractivity contribution >= 4 is 23.9 Å². The zero-order chi connectivity index (χ0) is 36.2. The first kappa shape index (κ1) is 40.5. The van der Waals surface area contributed by atoms with Gasteiger partial charge in [0.15, 0.2) is 0 Å². The fourth-order valence-electron chi connectivity index (χ4n) is 6.56. The highest BCUT2D eigenvalue weighted by molar-refractivity contribution is 5.83. The Hall–Kier alpha value is -3.88. The first-order chi connectivity index (χ1) is 24.0. The summed E-state index contributed by atoms with van der Waals surface area (Å²) in [6.07, 6.45) is 16.1. The molecular weight excluding hydrogens is 632 g/mol. The van der Waals surface area contributed by atoms with E-state index in [4.69, 9.17) is 9.47 Å². The van der Waals surface area contributed by atoms with E-state index in [0.717, 1.165) is 60.8 Å². The quantitative estimate of drug-likeness (QED) is 0.0739. The highest BCUT2D eigenvalue weighted by Gasteiger charge is 2.29. The molecule has 9 nitrogen and oxygen atoms in total. The van der Waals surface area contributed by atoms with Gasteiger partial charge in [-0.05, 0) is 62.3 Å². The van der Waals surface area contributed by atoms with Crippen LogP contribution in [0.3, 0.4) is 0 Å². The first-order valence-corrected chi connectivity index (χ1v) is 18.9. The number of unbranched alkanes of at least 4 members (excludes halogenated alkanes) is 13. The summed E-state index contributed by atoms with van der Waals surface area (Å²) >= 11 is 0. The molecule has 0 fully saturated rings. The molecule has 3 rings (SSSR count). The Morgan fingerprint density at radius 3 is 1.64 bits per heavy atom. The second-order valence-corrected chi connectivity index (χ2v) is 14.5. The average Bonchev–Trinajstić information content (AvgIpc) is 3.39. The fourth-order valence-corrected chi connectivity index (χ4v) is 6.56. The van der Waals surface area contributed by atoms with Gasteiger partial charge in [0.1, 0.15) is 18.2 Å². The van der Waals surface area contributed by atoms with Crippen molar-refractivity contribution in [1.29, 1.82) is 0 Å². The number of carboxylic acid groups (broad SMARTS) is 1. The standard InChI is InChI=1S/C41H60N2O7/c1-41(2,3)50-38(45)27-17-15-13-11-9-7-5-4-6-8-10-12-14-16-26-37(44)43-36(39(46)47)28-29-42-40(48)49-30-35-33-24-20-18-22-31(33)32-23-19-21-25-34(32)35/h18-25,35-36H,4-17,26-30H2,1-3H3,(H,42,48)(H,43,44)(H,46,47). The third kappa shape index (κ3) is 15.3. The van der Waals surface area contributed by atoms with Gasteiger partial charge in [0.25, 0.3) is 0 Å². The van der Waals surface area contributed by atoms with Gasteiger partial charge < -0.3 is 25.2 Å². The van der Waals surface area contributed by atoms with Crippen LogP contribution in [0.5, 0.6) is 0 Å². The number of esters is 1. The number of fused-ring (bicyclic) bond motifs is 3. The molecule has 0 aliphatic heterocycles. The molecule has 2 amide bonds. The van der Waals surface area contributed by atoms with E-state index in [1.54, 1.807) is 0 Å². The zero-order valence-corrected chi connectivity index (χ0v) is 30.6. The summed E-state index contributed by atoms with van der Waals surface area (Å²) in [6.45, 7) is 5.96. The summed E-state index contributed by atoms with van der Waals surface area (Å²) in [5.74, 6) is -1.55. The largest absolute Gasteiger partial charge is 0.480 e. The maximum atomic E-state index is 12.4. The number of rotatable bonds is 24. The summed E-state index contributed by atoms with van der Waals surface area (Å²) in [6, 6.07) is 15.1. The van der Waals surface area contributed by atoms with E-state index in [9.17, 15) is 24.3 Å². The molecule has 1 atom stereocenters. The van der Waals surface area contributed by atoms with E-state index >= 15 is 0 Å². The van der Waals surface area contributed by atoms with Crippen molar-refractivity contribution in [3.63, 3.8) is 0 Å². The lowest BCUT2D eigenvalue weighted by molar-refractivity contribution is -0.155. The van der Waals surface area contributed by atoms with E-state index in [0.29, 0.717) is 12.8 Å². The number of hydrogen-bond acceptors (Lipinski definition) is 6. The third-order valence-electron chi connectivity index (χ3n) is 9.13. The predicted molar refractivity (Wildman–Crippen MR) is 197 cm³/mol. The highest BCUT2D eigenvalue weighted by Crippen LogP contribution is 2.44. The van der Waals surface area contributed by atoms with Crippen LogP contribution in [0, 0.1) is 0 Å². The third-order valence-corrected chi connectivity index (χ3v) is 9.13. The van der Waals surface area contributed by atoms with Crippen LogP contribution >= 0.6 is 0 Å². The molecule has 0 spiro atoms. The van der Waals surface area contributed by atoms with Crippen LogP contribution in [0.1, 0.15) is 147 Å². The highest BCUT2D eigenvalue weighted by atomic mass is 16.6. The predicted octanol–water partition coefficient (Wildman–Crippen LogP) is 9.07. The van der Waals surface area contributed by atoms with Crippen molar-refractivity contribution < 1.29 is 33.8 Å². The molecule has 50 heavy (non-hydrogen) atoms. The number of carboxylic acids is 1. The first-order valence-electron chi connectivity index (χ1n) is 18.9. The van der Waals surface area contributed by atoms with Gasteiger partial charge in [-0.25, -0.2) is 9.59 Å². The summed E-state index contributed by atoms with van der Waals surface area (Å²) in [5, 5.41) is 14.8. The molecule has 0 saturated heterocycles. The smallest absolute Gasteiger partial charge is 0.407 e. The van der Waals surface area contributed by atoms with E-state index in [1.165, 1.54) is 51.4 Å². The van der Waals surface area contributed by atoms with Crippen molar-refractivity contribution in [3.8, 4) is 11.1 Å². The minimum absolute atomic E-state index is 0.0543.